The number of nitrogens with two attached hydrogens (primary N) is 2. The highest BCUT2D eigenvalue weighted by Gasteiger charge is 2.51. The van der Waals surface area contributed by atoms with Crippen molar-refractivity contribution in [2.45, 2.75) is 107 Å². The van der Waals surface area contributed by atoms with Crippen LogP contribution in [-0.2, 0) is 36.8 Å². The van der Waals surface area contributed by atoms with Crippen molar-refractivity contribution in [2.24, 2.45) is 17.4 Å². The van der Waals surface area contributed by atoms with Crippen LogP contribution in [0.3, 0.4) is 0 Å². The van der Waals surface area contributed by atoms with Crippen LogP contribution in [0, 0.1) is 5.92 Å². The van der Waals surface area contributed by atoms with Crippen molar-refractivity contribution in [1.29, 1.82) is 0 Å². The third-order valence-electron chi connectivity index (χ3n) is 12.6. The van der Waals surface area contributed by atoms with Gasteiger partial charge < -0.3 is 37.2 Å². The molecule has 2 saturated heterocycles. The van der Waals surface area contributed by atoms with Crippen LogP contribution >= 0.6 is 24.8 Å². The lowest BCUT2D eigenvalue weighted by Gasteiger charge is -2.57. The second-order valence-corrected chi connectivity index (χ2v) is 17.6. The van der Waals surface area contributed by atoms with Crippen LogP contribution in [0.15, 0.2) is 121 Å². The molecule has 65 heavy (non-hydrogen) atoms. The fourth-order valence-electron chi connectivity index (χ4n) is 8.99. The molecule has 2 aliphatic rings. The molecule has 7 N–H and O–H groups in total. The van der Waals surface area contributed by atoms with E-state index >= 15 is 0 Å². The summed E-state index contributed by atoms with van der Waals surface area (Å²) in [4.78, 5) is 74.5. The first kappa shape index (κ1) is 52.4. The van der Waals surface area contributed by atoms with E-state index in [0.717, 1.165) is 28.7 Å². The summed E-state index contributed by atoms with van der Waals surface area (Å²) in [7, 11) is 0. The van der Waals surface area contributed by atoms with Crippen LogP contribution in [0.25, 0.3) is 0 Å². The molecule has 2 aliphatic heterocycles. The summed E-state index contributed by atoms with van der Waals surface area (Å²) < 4.78 is 0. The molecular weight excluding hydrogens is 862 g/mol. The molecule has 6 rings (SSSR count). The Balaban J connectivity index is 0.00000462. The number of nitrogens with one attached hydrogen (secondary N) is 3. The van der Waals surface area contributed by atoms with Crippen LogP contribution in [0.4, 0.5) is 0 Å². The fraction of sp³-hybridized carbons (Fsp3) is 0.431. The number of hydrogen-bond acceptors (Lipinski definition) is 7. The average Bonchev–Trinajstić information content (AvgIpc) is 3.29. The number of unbranched alkanes of at least 4 members (excludes halogenated alkanes) is 1. The Bertz CT molecular complexity index is 2070. The molecule has 2 heterocycles. The van der Waals surface area contributed by atoms with Gasteiger partial charge in [-0.3, -0.25) is 24.0 Å². The second-order valence-electron chi connectivity index (χ2n) is 17.6. The SMILES string of the molecule is CC(C)C[C@@H](NC(=O)[C@@H](Cc1ccccc1)NC(=O)[C@H](N)Cc1ccccc1)C(=O)N[C@H](CCCCN)C(=O)N1CCC2(CC1)CCN2C(=O)C(c1ccccc1)c1ccccc1.Cl.Cl. The van der Waals surface area contributed by atoms with E-state index < -0.39 is 47.8 Å². The van der Waals surface area contributed by atoms with E-state index in [4.69, 9.17) is 11.5 Å². The minimum Gasteiger partial charge on any atom is -0.343 e. The van der Waals surface area contributed by atoms with Gasteiger partial charge in [-0.05, 0) is 86.1 Å². The summed E-state index contributed by atoms with van der Waals surface area (Å²) in [6, 6.07) is 34.8. The van der Waals surface area contributed by atoms with Crippen molar-refractivity contribution < 1.29 is 24.0 Å². The maximum Gasteiger partial charge on any atom is 0.245 e. The Morgan fingerprint density at radius 3 is 1.54 bits per heavy atom. The number of halogens is 2. The molecule has 0 aromatic heterocycles. The van der Waals surface area contributed by atoms with Crippen molar-refractivity contribution in [3.05, 3.63) is 144 Å². The van der Waals surface area contributed by atoms with Crippen LogP contribution in [0.5, 0.6) is 0 Å². The smallest absolute Gasteiger partial charge is 0.245 e. The quantitative estimate of drug-likeness (QED) is 0.0706. The monoisotopic (exact) mass is 927 g/mol. The van der Waals surface area contributed by atoms with E-state index in [9.17, 15) is 24.0 Å². The van der Waals surface area contributed by atoms with Gasteiger partial charge in [-0.15, -0.1) is 24.8 Å². The standard InChI is InChI=1S/C51H65N7O5.2ClH/c1-36(2)33-43(56-48(61)44(35-38-19-9-4-10-20-38)55-46(59)41(53)34-37-17-7-3-8-18-37)47(60)54-42(25-15-16-29-52)49(62)57-30-26-51(27-31-57)28-32-58(51)50(63)45(39-21-11-5-12-22-39)40-23-13-6-14-24-40;;/h3-14,17-24,36,41-45H,15-16,25-35,52-53H2,1-2H3,(H,54,60)(H,55,59)(H,56,61);2*1H/t41-,42-,43-,44-;;/m1../s1. The van der Waals surface area contributed by atoms with E-state index in [1.54, 1.807) is 0 Å². The first-order valence-electron chi connectivity index (χ1n) is 22.6. The fourth-order valence-corrected chi connectivity index (χ4v) is 8.99. The van der Waals surface area contributed by atoms with Crippen LogP contribution in [0.1, 0.15) is 87.0 Å². The molecule has 14 heteroatoms. The molecular formula is C51H67Cl2N7O5. The normalized spacial score (nSPS) is 15.9. The predicted octanol–water partition coefficient (Wildman–Crippen LogP) is 5.70. The van der Waals surface area contributed by atoms with E-state index in [1.165, 1.54) is 0 Å². The summed E-state index contributed by atoms with van der Waals surface area (Å²) in [5.41, 5.74) is 15.5. The molecule has 4 aromatic rings. The van der Waals surface area contributed by atoms with Gasteiger partial charge in [0.1, 0.15) is 18.1 Å². The number of likely N-dealkylation sites (tertiary alicyclic amines) is 2. The minimum atomic E-state index is -1.01. The van der Waals surface area contributed by atoms with Crippen molar-refractivity contribution in [3.63, 3.8) is 0 Å². The number of rotatable bonds is 20. The van der Waals surface area contributed by atoms with Crippen LogP contribution in [0.2, 0.25) is 0 Å². The summed E-state index contributed by atoms with van der Waals surface area (Å²) >= 11 is 0. The van der Waals surface area contributed by atoms with Gasteiger partial charge in [-0.1, -0.05) is 135 Å². The Labute approximate surface area is 396 Å². The summed E-state index contributed by atoms with van der Waals surface area (Å²) in [6.07, 6.45) is 4.64. The highest BCUT2D eigenvalue weighted by molar-refractivity contribution is 5.95. The van der Waals surface area contributed by atoms with Gasteiger partial charge in [0.25, 0.3) is 0 Å². The van der Waals surface area contributed by atoms with Crippen LogP contribution in [-0.4, -0.2) is 95.2 Å². The minimum absolute atomic E-state index is 0. The first-order chi connectivity index (χ1) is 30.5. The van der Waals surface area contributed by atoms with Gasteiger partial charge in [0.2, 0.25) is 29.5 Å². The maximum atomic E-state index is 14.4. The second kappa shape index (κ2) is 25.4. The van der Waals surface area contributed by atoms with Gasteiger partial charge in [0.05, 0.1) is 12.0 Å². The molecule has 0 bridgehead atoms. The molecule has 12 nitrogen and oxygen atoms in total. The van der Waals surface area contributed by atoms with Gasteiger partial charge in [0, 0.05) is 31.6 Å². The van der Waals surface area contributed by atoms with E-state index in [1.807, 2.05) is 145 Å². The molecule has 4 aromatic carbocycles. The lowest BCUT2D eigenvalue weighted by Crippen LogP contribution is -2.67. The lowest BCUT2D eigenvalue weighted by atomic mass is 9.74. The average molecular weight is 929 g/mol. The molecule has 350 valence electrons. The summed E-state index contributed by atoms with van der Waals surface area (Å²) in [5.74, 6) is -1.98. The zero-order valence-electron chi connectivity index (χ0n) is 37.6. The molecule has 0 radical (unpaired) electrons. The van der Waals surface area contributed by atoms with Crippen molar-refractivity contribution in [2.75, 3.05) is 26.2 Å². The number of nitrogens with zero attached hydrogens (tertiary/aromatic N) is 2. The summed E-state index contributed by atoms with van der Waals surface area (Å²) in [5, 5.41) is 8.83. The highest BCUT2D eigenvalue weighted by Crippen LogP contribution is 2.43. The Hall–Kier alpha value is -5.27. The van der Waals surface area contributed by atoms with Gasteiger partial charge in [-0.2, -0.15) is 0 Å². The molecule has 0 unspecified atom stereocenters. The van der Waals surface area contributed by atoms with Gasteiger partial charge >= 0.3 is 0 Å². The molecule has 0 saturated carbocycles. The topological polar surface area (TPSA) is 180 Å². The van der Waals surface area contributed by atoms with E-state index in [2.05, 4.69) is 16.0 Å². The van der Waals surface area contributed by atoms with Crippen molar-refractivity contribution in [1.82, 2.24) is 25.8 Å². The third kappa shape index (κ3) is 14.1. The number of benzene rings is 4. The third-order valence-corrected chi connectivity index (χ3v) is 12.6. The Kier molecular flexibility index (Phi) is 20.5. The van der Waals surface area contributed by atoms with Crippen molar-refractivity contribution in [3.8, 4) is 0 Å². The zero-order chi connectivity index (χ0) is 44.8. The lowest BCUT2D eigenvalue weighted by molar-refractivity contribution is -0.155. The molecule has 5 amide bonds. The number of amides is 5. The highest BCUT2D eigenvalue weighted by atomic mass is 35.5. The Morgan fingerprint density at radius 1 is 0.585 bits per heavy atom. The Morgan fingerprint density at radius 2 is 1.05 bits per heavy atom. The van der Waals surface area contributed by atoms with Crippen molar-refractivity contribution >= 4 is 54.3 Å². The van der Waals surface area contributed by atoms with Crippen LogP contribution < -0.4 is 27.4 Å². The molecule has 2 fully saturated rings. The molecule has 1 spiro atoms. The first-order valence-corrected chi connectivity index (χ1v) is 22.6. The van der Waals surface area contributed by atoms with E-state index in [0.29, 0.717) is 71.1 Å². The zero-order valence-corrected chi connectivity index (χ0v) is 39.2. The van der Waals surface area contributed by atoms with E-state index in [-0.39, 0.29) is 54.5 Å². The maximum absolute atomic E-state index is 14.4. The number of carbonyl (C=O) groups is 5. The molecule has 4 atom stereocenters. The number of hydrogen-bond donors (Lipinski definition) is 5. The van der Waals surface area contributed by atoms with Gasteiger partial charge in [0.15, 0.2) is 0 Å². The summed E-state index contributed by atoms with van der Waals surface area (Å²) in [6.45, 7) is 5.94. The number of piperidine rings is 1. The predicted molar refractivity (Wildman–Crippen MR) is 261 cm³/mol. The number of carbonyl (C=O) groups excluding carboxylic acids is 5. The largest absolute Gasteiger partial charge is 0.343 e. The van der Waals surface area contributed by atoms with Gasteiger partial charge in [-0.25, -0.2) is 0 Å². The molecule has 0 aliphatic carbocycles.